The van der Waals surface area contributed by atoms with Gasteiger partial charge in [0.25, 0.3) is 5.91 Å². The second-order valence-electron chi connectivity index (χ2n) is 15.4. The van der Waals surface area contributed by atoms with Crippen LogP contribution in [0.5, 0.6) is 0 Å². The Kier molecular flexibility index (Phi) is 21.1. The molecule has 1 saturated carbocycles. The molecule has 3 rings (SSSR count). The first-order valence-electron chi connectivity index (χ1n) is 19.4. The number of ketones is 1. The van der Waals surface area contributed by atoms with Crippen molar-refractivity contribution >= 4 is 41.9 Å². The van der Waals surface area contributed by atoms with Crippen molar-refractivity contribution in [2.45, 2.75) is 136 Å². The molecule has 54 heavy (non-hydrogen) atoms. The van der Waals surface area contributed by atoms with Gasteiger partial charge in [0.2, 0.25) is 29.9 Å². The number of hydrogen-bond donors (Lipinski definition) is 5. The van der Waals surface area contributed by atoms with Gasteiger partial charge in [-0.2, -0.15) is 0 Å². The monoisotopic (exact) mass is 758 g/mol. The molecule has 14 nitrogen and oxygen atoms in total. The molecule has 0 bridgehead atoms. The SMILES string of the molecule is CC.CC(C)CC(NC=O)C(=O)C(=O)NCC(=O)NC(C(=O)N(C)C)c1ccccc1.CC1CCCN1C(=O)C(NC(=O)NC(C)(C)C)C1CCCCC1. The van der Waals surface area contributed by atoms with Gasteiger partial charge in [0.15, 0.2) is 0 Å². The second-order valence-corrected chi connectivity index (χ2v) is 15.4. The van der Waals surface area contributed by atoms with Crippen LogP contribution in [0.25, 0.3) is 0 Å². The van der Waals surface area contributed by atoms with E-state index >= 15 is 0 Å². The smallest absolute Gasteiger partial charge is 0.315 e. The third-order valence-electron chi connectivity index (χ3n) is 9.05. The summed E-state index contributed by atoms with van der Waals surface area (Å²) in [5, 5.41) is 13.1. The summed E-state index contributed by atoms with van der Waals surface area (Å²) in [6, 6.07) is 6.49. The summed E-state index contributed by atoms with van der Waals surface area (Å²) >= 11 is 0. The van der Waals surface area contributed by atoms with Gasteiger partial charge in [-0.05, 0) is 77.2 Å². The highest BCUT2D eigenvalue weighted by molar-refractivity contribution is 6.38. The molecule has 0 radical (unpaired) electrons. The van der Waals surface area contributed by atoms with Crippen LogP contribution in [0.4, 0.5) is 4.79 Å². The topological polar surface area (TPSA) is 186 Å². The van der Waals surface area contributed by atoms with Gasteiger partial charge >= 0.3 is 6.03 Å². The Morgan fingerprint density at radius 1 is 0.907 bits per heavy atom. The summed E-state index contributed by atoms with van der Waals surface area (Å²) < 4.78 is 0. The largest absolute Gasteiger partial charge is 0.348 e. The molecule has 0 aromatic heterocycles. The van der Waals surface area contributed by atoms with E-state index in [2.05, 4.69) is 33.5 Å². The van der Waals surface area contributed by atoms with Crippen molar-refractivity contribution in [3.8, 4) is 0 Å². The van der Waals surface area contributed by atoms with Gasteiger partial charge in [-0.25, -0.2) is 4.79 Å². The van der Waals surface area contributed by atoms with Crippen LogP contribution in [0.15, 0.2) is 30.3 Å². The van der Waals surface area contributed by atoms with Gasteiger partial charge in [0.1, 0.15) is 12.1 Å². The lowest BCUT2D eigenvalue weighted by atomic mass is 9.83. The fourth-order valence-corrected chi connectivity index (χ4v) is 6.42. The van der Waals surface area contributed by atoms with E-state index in [0.29, 0.717) is 24.4 Å². The van der Waals surface area contributed by atoms with Gasteiger partial charge in [0, 0.05) is 32.2 Å². The molecule has 14 heteroatoms. The number of likely N-dealkylation sites (N-methyl/N-ethyl adjacent to an activating group) is 1. The Morgan fingerprint density at radius 3 is 2.02 bits per heavy atom. The summed E-state index contributed by atoms with van der Waals surface area (Å²) in [7, 11) is 3.14. The molecule has 2 aliphatic rings. The first-order valence-corrected chi connectivity index (χ1v) is 19.4. The molecule has 4 atom stereocenters. The van der Waals surface area contributed by atoms with Gasteiger partial charge in [0.05, 0.1) is 12.6 Å². The number of carbonyl (C=O) groups excluding carboxylic acids is 7. The van der Waals surface area contributed by atoms with E-state index in [1.54, 1.807) is 44.4 Å². The predicted molar refractivity (Wildman–Crippen MR) is 210 cm³/mol. The van der Waals surface area contributed by atoms with Gasteiger partial charge in [-0.1, -0.05) is 77.3 Å². The molecule has 2 fully saturated rings. The number of hydrogen-bond acceptors (Lipinski definition) is 7. The Balaban J connectivity index is 0.000000527. The lowest BCUT2D eigenvalue weighted by Gasteiger charge is -2.35. The van der Waals surface area contributed by atoms with Crippen molar-refractivity contribution in [3.63, 3.8) is 0 Å². The van der Waals surface area contributed by atoms with E-state index in [0.717, 1.165) is 45.1 Å². The summed E-state index contributed by atoms with van der Waals surface area (Å²) in [5.41, 5.74) is 0.291. The quantitative estimate of drug-likeness (QED) is 0.141. The molecule has 304 valence electrons. The van der Waals surface area contributed by atoms with Crippen LogP contribution in [0.1, 0.15) is 118 Å². The average Bonchev–Trinajstić information content (AvgIpc) is 3.57. The van der Waals surface area contributed by atoms with Crippen LogP contribution in [-0.4, -0.2) is 103 Å². The number of benzene rings is 1. The third kappa shape index (κ3) is 16.7. The van der Waals surface area contributed by atoms with Crippen LogP contribution < -0.4 is 26.6 Å². The Labute approximate surface area is 322 Å². The Hall–Kier alpha value is -4.49. The second kappa shape index (κ2) is 24.0. The number of carbonyl (C=O) groups is 7. The van der Waals surface area contributed by atoms with Crippen molar-refractivity contribution in [1.29, 1.82) is 0 Å². The fraction of sp³-hybridized carbons (Fsp3) is 0.675. The first kappa shape index (κ1) is 47.5. The number of rotatable bonds is 14. The van der Waals surface area contributed by atoms with E-state index in [9.17, 15) is 33.6 Å². The zero-order chi connectivity index (χ0) is 41.0. The molecule has 0 spiro atoms. The fourth-order valence-electron chi connectivity index (χ4n) is 6.42. The van der Waals surface area contributed by atoms with Crippen molar-refractivity contribution in [1.82, 2.24) is 36.4 Å². The Bertz CT molecular complexity index is 1360. The molecule has 1 aliphatic heterocycles. The van der Waals surface area contributed by atoms with Gasteiger partial charge < -0.3 is 36.4 Å². The molecule has 1 heterocycles. The van der Waals surface area contributed by atoms with E-state index in [-0.39, 0.29) is 41.3 Å². The van der Waals surface area contributed by atoms with Crippen LogP contribution in [0.2, 0.25) is 0 Å². The molecular weight excluding hydrogens is 690 g/mol. The zero-order valence-electron chi connectivity index (χ0n) is 34.3. The van der Waals surface area contributed by atoms with E-state index < -0.39 is 36.2 Å². The minimum absolute atomic E-state index is 0.0798. The number of nitrogens with one attached hydrogen (secondary N) is 5. The highest BCUT2D eigenvalue weighted by atomic mass is 16.2. The highest BCUT2D eigenvalue weighted by Gasteiger charge is 2.37. The maximum Gasteiger partial charge on any atom is 0.315 e. The molecular formula is C40H67N7O7. The van der Waals surface area contributed by atoms with E-state index in [4.69, 9.17) is 0 Å². The first-order chi connectivity index (χ1) is 25.4. The molecule has 1 saturated heterocycles. The predicted octanol–water partition coefficient (Wildman–Crippen LogP) is 3.85. The summed E-state index contributed by atoms with van der Waals surface area (Å²) in [5.74, 6) is -2.30. The minimum Gasteiger partial charge on any atom is -0.348 e. The number of urea groups is 1. The highest BCUT2D eigenvalue weighted by Crippen LogP contribution is 2.29. The van der Waals surface area contributed by atoms with Gasteiger partial charge in [-0.15, -0.1) is 0 Å². The molecule has 1 aromatic carbocycles. The Morgan fingerprint density at radius 2 is 1.52 bits per heavy atom. The molecule has 5 N–H and O–H groups in total. The van der Waals surface area contributed by atoms with Crippen LogP contribution in [-0.2, 0) is 28.8 Å². The maximum absolute atomic E-state index is 13.0. The molecule has 7 amide bonds. The number of nitrogens with zero attached hydrogens (tertiary/aromatic N) is 2. The molecule has 1 aromatic rings. The van der Waals surface area contributed by atoms with Crippen LogP contribution in [0.3, 0.4) is 0 Å². The zero-order valence-corrected chi connectivity index (χ0v) is 34.3. The summed E-state index contributed by atoms with van der Waals surface area (Å²) in [6.07, 6.45) is 8.43. The number of likely N-dealkylation sites (tertiary alicyclic amines) is 1. The minimum atomic E-state index is -0.977. The van der Waals surface area contributed by atoms with Gasteiger partial charge in [-0.3, -0.25) is 28.8 Å². The van der Waals surface area contributed by atoms with Crippen LogP contribution in [0, 0.1) is 11.8 Å². The summed E-state index contributed by atoms with van der Waals surface area (Å²) in [4.78, 5) is 88.3. The number of Topliss-reactive ketones (excluding diaryl/α,β-unsaturated/α-hetero) is 1. The number of amides is 7. The molecule has 4 unspecified atom stereocenters. The molecule has 1 aliphatic carbocycles. The standard InChI is InChI=1S/C20H28N4O5.C18H33N3O2.C2H6/c1-13(2)10-15(22-12-25)18(27)19(28)21-11-16(26)23-17(20(29)24(3)4)14-8-6-5-7-9-14;1-13-9-8-12-21(13)16(22)15(14-10-6-5-7-11-14)19-17(23)20-18(2,3)4;1-2/h5-9,12-13,15,17H,10-11H2,1-4H3,(H,21,28)(H,22,25)(H,23,26);13-15H,5-12H2,1-4H3,(H2,19,20,23);1-2H3. The van der Waals surface area contributed by atoms with Crippen molar-refractivity contribution in [3.05, 3.63) is 35.9 Å². The maximum atomic E-state index is 13.0. The van der Waals surface area contributed by atoms with Crippen molar-refractivity contribution in [2.24, 2.45) is 11.8 Å². The third-order valence-corrected chi connectivity index (χ3v) is 9.05. The lowest BCUT2D eigenvalue weighted by Crippen LogP contribution is -2.57. The van der Waals surface area contributed by atoms with E-state index in [1.807, 2.05) is 53.4 Å². The van der Waals surface area contributed by atoms with Crippen molar-refractivity contribution < 1.29 is 33.6 Å². The van der Waals surface area contributed by atoms with E-state index in [1.165, 1.54) is 11.3 Å². The normalized spacial score (nSPS) is 17.2. The van der Waals surface area contributed by atoms with Crippen molar-refractivity contribution in [2.75, 3.05) is 27.2 Å². The average molecular weight is 758 g/mol. The lowest BCUT2D eigenvalue weighted by molar-refractivity contribution is -0.140. The summed E-state index contributed by atoms with van der Waals surface area (Å²) in [6.45, 7) is 16.0. The van der Waals surface area contributed by atoms with Crippen LogP contribution >= 0.6 is 0 Å².